The van der Waals surface area contributed by atoms with Crippen molar-refractivity contribution >= 4 is 23.0 Å². The number of anilines is 1. The summed E-state index contributed by atoms with van der Waals surface area (Å²) < 4.78 is 6.18. The van der Waals surface area contributed by atoms with E-state index in [-0.39, 0.29) is 17.6 Å². The number of carbonyl (C=O) groups is 1. The van der Waals surface area contributed by atoms with Crippen molar-refractivity contribution in [2.24, 2.45) is 7.05 Å². The normalized spacial score (nSPS) is 12.0. The number of aryl methyl sites for hydroxylation is 1. The van der Waals surface area contributed by atoms with E-state index in [1.807, 2.05) is 19.1 Å². The molecule has 2 heterocycles. The van der Waals surface area contributed by atoms with Crippen LogP contribution in [0.25, 0.3) is 11.0 Å². The summed E-state index contributed by atoms with van der Waals surface area (Å²) in [6, 6.07) is 10.2. The molecular weight excluding hydrogens is 320 g/mol. The van der Waals surface area contributed by atoms with Crippen LogP contribution in [-0.2, 0) is 11.8 Å². The van der Waals surface area contributed by atoms with Crippen molar-refractivity contribution in [3.63, 3.8) is 0 Å². The summed E-state index contributed by atoms with van der Waals surface area (Å²) in [5, 5.41) is 4.00. The molecule has 0 aliphatic carbocycles. The van der Waals surface area contributed by atoms with Crippen LogP contribution in [0.2, 0.25) is 0 Å². The molecule has 7 nitrogen and oxygen atoms in total. The van der Waals surface area contributed by atoms with E-state index in [0.29, 0.717) is 17.2 Å². The Balaban J connectivity index is 1.84. The molecule has 1 atom stereocenters. The molecule has 1 N–H and O–H groups in total. The van der Waals surface area contributed by atoms with Gasteiger partial charge in [0.2, 0.25) is 5.95 Å². The Kier molecular flexibility index (Phi) is 4.47. The Hall–Kier alpha value is -3.22. The first kappa shape index (κ1) is 16.6. The van der Waals surface area contributed by atoms with Crippen LogP contribution < -0.4 is 10.9 Å². The molecule has 0 radical (unpaired) electrons. The van der Waals surface area contributed by atoms with Gasteiger partial charge in [-0.2, -0.15) is 4.98 Å². The van der Waals surface area contributed by atoms with Gasteiger partial charge in [-0.1, -0.05) is 12.1 Å². The van der Waals surface area contributed by atoms with Crippen molar-refractivity contribution < 1.29 is 9.53 Å². The summed E-state index contributed by atoms with van der Waals surface area (Å²) in [7, 11) is 3.03. The van der Waals surface area contributed by atoms with Crippen LogP contribution in [-0.4, -0.2) is 27.6 Å². The highest BCUT2D eigenvalue weighted by atomic mass is 16.5. The first-order valence-corrected chi connectivity index (χ1v) is 7.77. The van der Waals surface area contributed by atoms with Gasteiger partial charge in [-0.05, 0) is 30.7 Å². The van der Waals surface area contributed by atoms with Gasteiger partial charge in [0.15, 0.2) is 0 Å². The fourth-order valence-electron chi connectivity index (χ4n) is 2.52. The molecule has 0 aliphatic rings. The number of esters is 1. The van der Waals surface area contributed by atoms with Crippen molar-refractivity contribution in [1.82, 2.24) is 14.5 Å². The summed E-state index contributed by atoms with van der Waals surface area (Å²) >= 11 is 0. The maximum atomic E-state index is 11.7. The Morgan fingerprint density at radius 2 is 1.92 bits per heavy atom. The van der Waals surface area contributed by atoms with Gasteiger partial charge in [-0.25, -0.2) is 9.78 Å². The van der Waals surface area contributed by atoms with E-state index < -0.39 is 0 Å². The largest absolute Gasteiger partial charge is 0.465 e. The van der Waals surface area contributed by atoms with Gasteiger partial charge < -0.3 is 10.1 Å². The molecule has 2 aromatic heterocycles. The van der Waals surface area contributed by atoms with E-state index in [4.69, 9.17) is 4.74 Å². The second-order valence-electron chi connectivity index (χ2n) is 5.68. The van der Waals surface area contributed by atoms with Crippen LogP contribution in [0.3, 0.4) is 0 Å². The molecule has 0 saturated heterocycles. The minimum absolute atomic E-state index is 0.0788. The number of methoxy groups -OCH3 is 1. The molecule has 0 saturated carbocycles. The van der Waals surface area contributed by atoms with Gasteiger partial charge in [0.05, 0.1) is 18.7 Å². The molecule has 7 heteroatoms. The van der Waals surface area contributed by atoms with Gasteiger partial charge >= 0.3 is 5.97 Å². The van der Waals surface area contributed by atoms with E-state index in [1.54, 1.807) is 31.4 Å². The van der Waals surface area contributed by atoms with Crippen LogP contribution in [0, 0.1) is 0 Å². The predicted molar refractivity (Wildman–Crippen MR) is 94.6 cm³/mol. The second kappa shape index (κ2) is 6.72. The quantitative estimate of drug-likeness (QED) is 0.735. The van der Waals surface area contributed by atoms with Gasteiger partial charge in [-0.15, -0.1) is 0 Å². The summed E-state index contributed by atoms with van der Waals surface area (Å²) in [5.74, 6) is 0.0594. The third kappa shape index (κ3) is 3.35. The molecule has 0 unspecified atom stereocenters. The number of hydrogen-bond acceptors (Lipinski definition) is 6. The number of fused-ring (bicyclic) bond motifs is 1. The van der Waals surface area contributed by atoms with Crippen LogP contribution in [0.4, 0.5) is 5.95 Å². The molecule has 0 amide bonds. The molecule has 0 bridgehead atoms. The van der Waals surface area contributed by atoms with Crippen LogP contribution in [0.5, 0.6) is 0 Å². The van der Waals surface area contributed by atoms with Gasteiger partial charge in [0, 0.05) is 24.7 Å². The fourth-order valence-corrected chi connectivity index (χ4v) is 2.52. The molecule has 0 spiro atoms. The van der Waals surface area contributed by atoms with Crippen LogP contribution in [0.15, 0.2) is 47.4 Å². The predicted octanol–water partition coefficient (Wildman–Crippen LogP) is 2.29. The van der Waals surface area contributed by atoms with E-state index in [9.17, 15) is 9.59 Å². The minimum Gasteiger partial charge on any atom is -0.465 e. The average Bonchev–Trinajstić information content (AvgIpc) is 2.64. The van der Waals surface area contributed by atoms with E-state index in [2.05, 4.69) is 15.3 Å². The molecular formula is C18H18N4O3. The number of pyridine rings is 1. The molecule has 3 rings (SSSR count). The summed E-state index contributed by atoms with van der Waals surface area (Å²) in [4.78, 5) is 31.9. The number of benzene rings is 1. The second-order valence-corrected chi connectivity index (χ2v) is 5.68. The van der Waals surface area contributed by atoms with Crippen molar-refractivity contribution in [2.45, 2.75) is 13.0 Å². The van der Waals surface area contributed by atoms with Crippen LogP contribution >= 0.6 is 0 Å². The van der Waals surface area contributed by atoms with Crippen molar-refractivity contribution in [3.05, 3.63) is 64.1 Å². The maximum absolute atomic E-state index is 11.7. The third-order valence-corrected chi connectivity index (χ3v) is 4.03. The minimum atomic E-state index is -0.369. The zero-order valence-electron chi connectivity index (χ0n) is 14.2. The zero-order chi connectivity index (χ0) is 18.0. The number of hydrogen-bond donors (Lipinski definition) is 1. The SMILES string of the molecule is COC(=O)c1ccc([C@H](C)Nc2ncc3ccc(=O)n(C)c3n2)cc1. The highest BCUT2D eigenvalue weighted by Gasteiger charge is 2.11. The number of aromatic nitrogens is 3. The lowest BCUT2D eigenvalue weighted by molar-refractivity contribution is 0.0600. The smallest absolute Gasteiger partial charge is 0.337 e. The van der Waals surface area contributed by atoms with E-state index in [0.717, 1.165) is 10.9 Å². The number of nitrogens with one attached hydrogen (secondary N) is 1. The Morgan fingerprint density at radius 1 is 1.20 bits per heavy atom. The standard InChI is InChI=1S/C18H18N4O3/c1-11(12-4-6-13(7-5-12)17(24)25-3)20-18-19-10-14-8-9-15(23)22(2)16(14)21-18/h4-11H,1-3H3,(H,19,20,21)/t11-/m0/s1. The number of ether oxygens (including phenoxy) is 1. The molecule has 25 heavy (non-hydrogen) atoms. The lowest BCUT2D eigenvalue weighted by Crippen LogP contribution is -2.17. The number of rotatable bonds is 4. The van der Waals surface area contributed by atoms with Crippen molar-refractivity contribution in [3.8, 4) is 0 Å². The van der Waals surface area contributed by atoms with Crippen molar-refractivity contribution in [1.29, 1.82) is 0 Å². The topological polar surface area (TPSA) is 86.1 Å². The molecule has 3 aromatic rings. The highest BCUT2D eigenvalue weighted by molar-refractivity contribution is 5.89. The maximum Gasteiger partial charge on any atom is 0.337 e. The van der Waals surface area contributed by atoms with Crippen LogP contribution in [0.1, 0.15) is 28.9 Å². The first-order chi connectivity index (χ1) is 12.0. The first-order valence-electron chi connectivity index (χ1n) is 7.77. The molecule has 128 valence electrons. The summed E-state index contributed by atoms with van der Waals surface area (Å²) in [6.45, 7) is 1.96. The highest BCUT2D eigenvalue weighted by Crippen LogP contribution is 2.19. The zero-order valence-corrected chi connectivity index (χ0v) is 14.2. The average molecular weight is 338 g/mol. The molecule has 0 fully saturated rings. The fraction of sp³-hybridized carbons (Fsp3) is 0.222. The monoisotopic (exact) mass is 338 g/mol. The molecule has 0 aliphatic heterocycles. The summed E-state index contributed by atoms with van der Waals surface area (Å²) in [5.41, 5.74) is 1.91. The Morgan fingerprint density at radius 3 is 2.60 bits per heavy atom. The van der Waals surface area contributed by atoms with Gasteiger partial charge in [0.1, 0.15) is 5.65 Å². The Bertz CT molecular complexity index is 980. The van der Waals surface area contributed by atoms with E-state index >= 15 is 0 Å². The van der Waals surface area contributed by atoms with Gasteiger partial charge in [-0.3, -0.25) is 9.36 Å². The van der Waals surface area contributed by atoms with Crippen molar-refractivity contribution in [2.75, 3.05) is 12.4 Å². The number of carbonyl (C=O) groups excluding carboxylic acids is 1. The summed E-state index contributed by atoms with van der Waals surface area (Å²) in [6.07, 6.45) is 1.68. The van der Waals surface area contributed by atoms with Gasteiger partial charge in [0.25, 0.3) is 5.56 Å². The lowest BCUT2D eigenvalue weighted by atomic mass is 10.1. The number of nitrogens with zero attached hydrogens (tertiary/aromatic N) is 3. The third-order valence-electron chi connectivity index (χ3n) is 4.03. The molecule has 1 aromatic carbocycles. The lowest BCUT2D eigenvalue weighted by Gasteiger charge is -2.15. The Labute approximate surface area is 144 Å². The van der Waals surface area contributed by atoms with E-state index in [1.165, 1.54) is 17.7 Å².